The molecule has 2 bridgehead atoms. The van der Waals surface area contributed by atoms with Gasteiger partial charge in [0.15, 0.2) is 0 Å². The first-order valence-electron chi connectivity index (χ1n) is 14.5. The molecule has 1 heterocycles. The zero-order valence-corrected chi connectivity index (χ0v) is 24.4. The monoisotopic (exact) mass is 519 g/mol. The summed E-state index contributed by atoms with van der Waals surface area (Å²) in [5, 5.41) is 2.61. The maximum atomic E-state index is 13.0. The van der Waals surface area contributed by atoms with E-state index in [2.05, 4.69) is 100 Å². The van der Waals surface area contributed by atoms with Crippen molar-refractivity contribution in [3.05, 3.63) is 60.7 Å². The lowest BCUT2D eigenvalue weighted by atomic mass is 9.89. The van der Waals surface area contributed by atoms with Gasteiger partial charge in [0.1, 0.15) is 6.10 Å². The van der Waals surface area contributed by atoms with Gasteiger partial charge in [0.25, 0.3) is 8.32 Å². The molecule has 3 fully saturated rings. The standard InChI is InChI=1S/C32H45NO3Si/c1-6-7-14-23(2)19-20-33-29-27-21-24(30(29)35-31(33)34)22-28(27)36-37(32(3,4)5,25-15-10-8-11-16-25)26-17-12-9-13-18-26/h8-13,15-18,23-24,27-30H,6-7,14,19-22H2,1-5H3/t23-,24+,27-,28+,29+,30-/m1/s1. The number of amides is 1. The van der Waals surface area contributed by atoms with Crippen LogP contribution in [-0.4, -0.2) is 44.1 Å². The fourth-order valence-corrected chi connectivity index (χ4v) is 12.2. The van der Waals surface area contributed by atoms with Crippen LogP contribution in [0.1, 0.15) is 73.1 Å². The number of ether oxygens (including phenoxy) is 1. The molecule has 6 atom stereocenters. The van der Waals surface area contributed by atoms with E-state index in [1.165, 1.54) is 29.6 Å². The molecule has 5 heteroatoms. The quantitative estimate of drug-likeness (QED) is 0.342. The van der Waals surface area contributed by atoms with Crippen LogP contribution in [-0.2, 0) is 9.16 Å². The normalized spacial score (nSPS) is 27.9. The van der Waals surface area contributed by atoms with Gasteiger partial charge in [-0.2, -0.15) is 0 Å². The molecule has 2 saturated carbocycles. The van der Waals surface area contributed by atoms with Crippen LogP contribution in [0.3, 0.4) is 0 Å². The molecule has 0 aromatic heterocycles. The Balaban J connectivity index is 1.44. The highest BCUT2D eigenvalue weighted by Gasteiger charge is 2.63. The summed E-state index contributed by atoms with van der Waals surface area (Å²) in [5.41, 5.74) is 0. The number of nitrogens with zero attached hydrogens (tertiary/aromatic N) is 1. The third-order valence-electron chi connectivity index (χ3n) is 9.32. The van der Waals surface area contributed by atoms with E-state index in [1.54, 1.807) is 0 Å². The Morgan fingerprint density at radius 1 is 1.00 bits per heavy atom. The molecule has 0 radical (unpaired) electrons. The molecular formula is C32H45NO3Si. The first-order valence-corrected chi connectivity index (χ1v) is 16.4. The lowest BCUT2D eigenvalue weighted by Crippen LogP contribution is -2.68. The Labute approximate surface area is 224 Å². The van der Waals surface area contributed by atoms with E-state index in [0.717, 1.165) is 25.8 Å². The van der Waals surface area contributed by atoms with Gasteiger partial charge in [0.2, 0.25) is 0 Å². The number of carbonyl (C=O) groups excluding carboxylic acids is 1. The predicted octanol–water partition coefficient (Wildman–Crippen LogP) is 6.38. The molecule has 1 aliphatic heterocycles. The van der Waals surface area contributed by atoms with Gasteiger partial charge in [-0.3, -0.25) is 0 Å². The van der Waals surface area contributed by atoms with Crippen LogP contribution >= 0.6 is 0 Å². The maximum Gasteiger partial charge on any atom is 0.410 e. The second-order valence-electron chi connectivity index (χ2n) is 12.8. The number of hydrogen-bond acceptors (Lipinski definition) is 3. The van der Waals surface area contributed by atoms with Crippen molar-refractivity contribution in [3.8, 4) is 0 Å². The molecule has 0 spiro atoms. The summed E-state index contributed by atoms with van der Waals surface area (Å²) in [6, 6.07) is 22.0. The molecule has 2 aromatic rings. The largest absolute Gasteiger partial charge is 0.444 e. The topological polar surface area (TPSA) is 38.8 Å². The van der Waals surface area contributed by atoms with E-state index < -0.39 is 8.32 Å². The summed E-state index contributed by atoms with van der Waals surface area (Å²) >= 11 is 0. The van der Waals surface area contributed by atoms with Crippen LogP contribution < -0.4 is 10.4 Å². The summed E-state index contributed by atoms with van der Waals surface area (Å²) in [5.74, 6) is 1.38. The summed E-state index contributed by atoms with van der Waals surface area (Å²) in [6.07, 6.45) is 6.96. The number of fused-ring (bicyclic) bond motifs is 5. The lowest BCUT2D eigenvalue weighted by Gasteiger charge is -2.47. The van der Waals surface area contributed by atoms with Crippen LogP contribution in [0.15, 0.2) is 60.7 Å². The van der Waals surface area contributed by atoms with Crippen molar-refractivity contribution >= 4 is 24.8 Å². The highest BCUT2D eigenvalue weighted by molar-refractivity contribution is 6.99. The van der Waals surface area contributed by atoms with E-state index >= 15 is 0 Å². The zero-order valence-electron chi connectivity index (χ0n) is 23.4. The fourth-order valence-electron chi connectivity index (χ4n) is 7.45. The van der Waals surface area contributed by atoms with Crippen LogP contribution in [0.2, 0.25) is 5.04 Å². The van der Waals surface area contributed by atoms with Crippen molar-refractivity contribution in [2.75, 3.05) is 6.54 Å². The van der Waals surface area contributed by atoms with E-state index in [-0.39, 0.29) is 29.4 Å². The molecule has 0 N–H and O–H groups in total. The highest BCUT2D eigenvalue weighted by atomic mass is 28.4. The van der Waals surface area contributed by atoms with Gasteiger partial charge >= 0.3 is 6.09 Å². The molecular weight excluding hydrogens is 474 g/mol. The van der Waals surface area contributed by atoms with Crippen molar-refractivity contribution in [2.24, 2.45) is 17.8 Å². The maximum absolute atomic E-state index is 13.0. The summed E-state index contributed by atoms with van der Waals surface area (Å²) < 4.78 is 13.6. The van der Waals surface area contributed by atoms with Gasteiger partial charge in [0, 0.05) is 18.4 Å². The number of rotatable bonds is 10. The molecule has 3 aliphatic rings. The molecule has 0 unspecified atom stereocenters. The Morgan fingerprint density at radius 3 is 2.19 bits per heavy atom. The van der Waals surface area contributed by atoms with Crippen molar-refractivity contribution in [1.82, 2.24) is 4.90 Å². The zero-order chi connectivity index (χ0) is 26.2. The molecule has 4 nitrogen and oxygen atoms in total. The smallest absolute Gasteiger partial charge is 0.410 e. The molecule has 1 saturated heterocycles. The Kier molecular flexibility index (Phi) is 7.57. The fraction of sp³-hybridized carbons (Fsp3) is 0.594. The van der Waals surface area contributed by atoms with E-state index in [0.29, 0.717) is 17.8 Å². The van der Waals surface area contributed by atoms with E-state index in [4.69, 9.17) is 9.16 Å². The predicted molar refractivity (Wildman–Crippen MR) is 153 cm³/mol. The average Bonchev–Trinajstić information content (AvgIpc) is 3.55. The number of benzene rings is 2. The van der Waals surface area contributed by atoms with E-state index in [1.807, 2.05) is 0 Å². The molecule has 1 amide bonds. The number of carbonyl (C=O) groups is 1. The van der Waals surface area contributed by atoms with Crippen molar-refractivity contribution in [1.29, 1.82) is 0 Å². The first-order chi connectivity index (χ1) is 17.8. The number of hydrogen-bond donors (Lipinski definition) is 0. The molecule has 200 valence electrons. The van der Waals surface area contributed by atoms with Crippen LogP contribution in [0.5, 0.6) is 0 Å². The summed E-state index contributed by atoms with van der Waals surface area (Å²) in [6.45, 7) is 12.4. The van der Waals surface area contributed by atoms with Crippen LogP contribution in [0.25, 0.3) is 0 Å². The molecule has 2 aromatic carbocycles. The minimum Gasteiger partial charge on any atom is -0.444 e. The van der Waals surface area contributed by atoms with Crippen LogP contribution in [0, 0.1) is 17.8 Å². The van der Waals surface area contributed by atoms with Gasteiger partial charge in [-0.1, -0.05) is 115 Å². The second kappa shape index (κ2) is 10.6. The molecule has 37 heavy (non-hydrogen) atoms. The van der Waals surface area contributed by atoms with Crippen molar-refractivity contribution in [3.63, 3.8) is 0 Å². The van der Waals surface area contributed by atoms with Crippen molar-refractivity contribution < 1.29 is 14.0 Å². The SMILES string of the molecule is CCCC[C@@H](C)CCN1C(=O)O[C@@H]2[C@H]3C[C@@H]([C@@H]21)[C@@H](O[Si](c1ccccc1)(c1ccccc1)C(C)(C)C)C3. The first kappa shape index (κ1) is 26.5. The van der Waals surface area contributed by atoms with Gasteiger partial charge in [-0.05, 0) is 40.6 Å². The minimum absolute atomic E-state index is 0.0439. The van der Waals surface area contributed by atoms with Crippen LogP contribution in [0.4, 0.5) is 4.79 Å². The minimum atomic E-state index is -2.63. The summed E-state index contributed by atoms with van der Waals surface area (Å²) in [4.78, 5) is 15.1. The van der Waals surface area contributed by atoms with E-state index in [9.17, 15) is 4.79 Å². The third-order valence-corrected chi connectivity index (χ3v) is 14.4. The molecule has 5 rings (SSSR count). The van der Waals surface area contributed by atoms with Gasteiger partial charge < -0.3 is 14.1 Å². The Bertz CT molecular complexity index is 1010. The average molecular weight is 520 g/mol. The Hall–Kier alpha value is -2.11. The molecule has 2 aliphatic carbocycles. The van der Waals surface area contributed by atoms with Gasteiger partial charge in [0.05, 0.1) is 12.1 Å². The highest BCUT2D eigenvalue weighted by Crippen LogP contribution is 2.54. The van der Waals surface area contributed by atoms with Gasteiger partial charge in [-0.25, -0.2) is 4.79 Å². The number of unbranched alkanes of at least 4 members (excludes halogenated alkanes) is 1. The summed E-state index contributed by atoms with van der Waals surface area (Å²) in [7, 11) is -2.63. The second-order valence-corrected chi connectivity index (χ2v) is 17.0. The third kappa shape index (κ3) is 4.78. The lowest BCUT2D eigenvalue weighted by molar-refractivity contribution is 0.0434. The van der Waals surface area contributed by atoms with Gasteiger partial charge in [-0.15, -0.1) is 0 Å². The van der Waals surface area contributed by atoms with Crippen molar-refractivity contribution in [2.45, 2.75) is 96.4 Å². The Morgan fingerprint density at radius 2 is 1.62 bits per heavy atom.